The van der Waals surface area contributed by atoms with Crippen LogP contribution < -0.4 is 5.32 Å². The fourth-order valence-electron chi connectivity index (χ4n) is 2.55. The van der Waals surface area contributed by atoms with E-state index in [9.17, 15) is 4.79 Å². The predicted octanol–water partition coefficient (Wildman–Crippen LogP) is 3.50. The van der Waals surface area contributed by atoms with Gasteiger partial charge in [-0.3, -0.25) is 9.36 Å². The lowest BCUT2D eigenvalue weighted by atomic mass is 10.1. The molecule has 6 nitrogen and oxygen atoms in total. The number of aryl methyl sites for hydroxylation is 3. The van der Waals surface area contributed by atoms with Crippen LogP contribution in [-0.4, -0.2) is 26.2 Å². The predicted molar refractivity (Wildman–Crippen MR) is 102 cm³/mol. The number of imidazole rings is 1. The molecule has 0 aliphatic rings. The number of thioether (sulfide) groups is 1. The Morgan fingerprint density at radius 3 is 2.81 bits per heavy atom. The van der Waals surface area contributed by atoms with Crippen LogP contribution in [0.25, 0.3) is 5.69 Å². The Morgan fingerprint density at radius 2 is 2.08 bits per heavy atom. The van der Waals surface area contributed by atoms with E-state index in [0.717, 1.165) is 22.3 Å². The second kappa shape index (κ2) is 7.78. The van der Waals surface area contributed by atoms with E-state index in [0.29, 0.717) is 12.4 Å². The van der Waals surface area contributed by atoms with E-state index in [4.69, 9.17) is 4.42 Å². The summed E-state index contributed by atoms with van der Waals surface area (Å²) in [5.74, 6) is 1.49. The summed E-state index contributed by atoms with van der Waals surface area (Å²) in [7, 11) is 0. The molecule has 1 aromatic carbocycles. The molecule has 3 rings (SSSR count). The minimum atomic E-state index is -0.0842. The summed E-state index contributed by atoms with van der Waals surface area (Å²) in [5.41, 5.74) is 4.35. The van der Waals surface area contributed by atoms with Gasteiger partial charge >= 0.3 is 0 Å². The molecule has 7 heteroatoms. The van der Waals surface area contributed by atoms with Crippen LogP contribution in [0, 0.1) is 27.7 Å². The number of aromatic nitrogens is 3. The van der Waals surface area contributed by atoms with E-state index in [2.05, 4.69) is 41.3 Å². The first-order valence-electron chi connectivity index (χ1n) is 8.38. The first-order valence-corrected chi connectivity index (χ1v) is 9.36. The fourth-order valence-corrected chi connectivity index (χ4v) is 3.34. The van der Waals surface area contributed by atoms with Crippen LogP contribution in [0.4, 0.5) is 0 Å². The van der Waals surface area contributed by atoms with Crippen molar-refractivity contribution >= 4 is 17.7 Å². The zero-order valence-electron chi connectivity index (χ0n) is 15.4. The van der Waals surface area contributed by atoms with E-state index in [1.165, 1.54) is 22.9 Å². The van der Waals surface area contributed by atoms with Crippen LogP contribution in [-0.2, 0) is 11.3 Å². The molecule has 3 aromatic rings. The Bertz CT molecular complexity index is 910. The monoisotopic (exact) mass is 370 g/mol. The normalized spacial score (nSPS) is 10.9. The molecule has 0 spiro atoms. The van der Waals surface area contributed by atoms with Gasteiger partial charge in [-0.1, -0.05) is 23.9 Å². The minimum Gasteiger partial charge on any atom is -0.444 e. The highest BCUT2D eigenvalue weighted by atomic mass is 32.2. The smallest absolute Gasteiger partial charge is 0.230 e. The highest BCUT2D eigenvalue weighted by Crippen LogP contribution is 2.24. The van der Waals surface area contributed by atoms with E-state index in [1.54, 1.807) is 6.20 Å². The molecule has 2 heterocycles. The topological polar surface area (TPSA) is 73.0 Å². The Balaban J connectivity index is 1.61. The number of nitrogens with zero attached hydrogens (tertiary/aromatic N) is 3. The number of oxazole rings is 1. The Morgan fingerprint density at radius 1 is 1.27 bits per heavy atom. The molecule has 1 amide bonds. The number of carbonyl (C=O) groups excluding carboxylic acids is 1. The summed E-state index contributed by atoms with van der Waals surface area (Å²) in [4.78, 5) is 20.8. The van der Waals surface area contributed by atoms with E-state index >= 15 is 0 Å². The summed E-state index contributed by atoms with van der Waals surface area (Å²) in [6.45, 7) is 8.21. The maximum absolute atomic E-state index is 12.1. The third-order valence-corrected chi connectivity index (χ3v) is 5.25. The van der Waals surface area contributed by atoms with Gasteiger partial charge in [0.1, 0.15) is 5.76 Å². The number of hydrogen-bond donors (Lipinski definition) is 1. The molecule has 2 aromatic heterocycles. The second-order valence-corrected chi connectivity index (χ2v) is 7.06. The van der Waals surface area contributed by atoms with Crippen LogP contribution in [0.5, 0.6) is 0 Å². The van der Waals surface area contributed by atoms with Gasteiger partial charge in [0.25, 0.3) is 0 Å². The minimum absolute atomic E-state index is 0.0842. The quantitative estimate of drug-likeness (QED) is 0.672. The molecule has 0 unspecified atom stereocenters. The third-order valence-electron chi connectivity index (χ3n) is 4.28. The molecule has 0 bridgehead atoms. The molecule has 1 N–H and O–H groups in total. The van der Waals surface area contributed by atoms with E-state index < -0.39 is 0 Å². The highest BCUT2D eigenvalue weighted by Gasteiger charge is 2.12. The molecule has 0 aliphatic carbocycles. The van der Waals surface area contributed by atoms with Gasteiger partial charge in [0, 0.05) is 12.4 Å². The Labute approximate surface area is 157 Å². The van der Waals surface area contributed by atoms with E-state index in [1.807, 2.05) is 30.7 Å². The third kappa shape index (κ3) is 3.99. The zero-order chi connectivity index (χ0) is 18.7. The standard InChI is InChI=1S/C19H22N4O2S/c1-12-6-5-7-16(13(12)2)23-9-8-20-19(23)26-11-17(24)21-10-18-22-14(3)15(4)25-18/h5-9H,10-11H2,1-4H3,(H,21,24). The molecular formula is C19H22N4O2S. The average molecular weight is 370 g/mol. The Kier molecular flexibility index (Phi) is 5.46. The summed E-state index contributed by atoms with van der Waals surface area (Å²) >= 11 is 1.40. The number of benzene rings is 1. The first kappa shape index (κ1) is 18.3. The van der Waals surface area contributed by atoms with Crippen LogP contribution in [0.1, 0.15) is 28.5 Å². The van der Waals surface area contributed by atoms with Crippen LogP contribution in [0.2, 0.25) is 0 Å². The number of hydrogen-bond acceptors (Lipinski definition) is 5. The van der Waals surface area contributed by atoms with Gasteiger partial charge in [0.2, 0.25) is 11.8 Å². The van der Waals surface area contributed by atoms with Crippen LogP contribution in [0.15, 0.2) is 40.2 Å². The number of carbonyl (C=O) groups is 1. The number of nitrogens with one attached hydrogen (secondary N) is 1. The summed E-state index contributed by atoms with van der Waals surface area (Å²) in [6, 6.07) is 6.17. The van der Waals surface area contributed by atoms with Crippen molar-refractivity contribution in [2.75, 3.05) is 5.75 Å². The number of amides is 1. The van der Waals surface area contributed by atoms with Gasteiger partial charge in [-0.15, -0.1) is 0 Å². The largest absolute Gasteiger partial charge is 0.444 e. The first-order chi connectivity index (χ1) is 12.5. The summed E-state index contributed by atoms with van der Waals surface area (Å²) in [5, 5.41) is 3.62. The van der Waals surface area contributed by atoms with Crippen molar-refractivity contribution in [1.29, 1.82) is 0 Å². The highest BCUT2D eigenvalue weighted by molar-refractivity contribution is 7.99. The van der Waals surface area contributed by atoms with Gasteiger partial charge in [-0.2, -0.15) is 0 Å². The molecule has 0 atom stereocenters. The molecular weight excluding hydrogens is 348 g/mol. The van der Waals surface area contributed by atoms with Gasteiger partial charge in [-0.25, -0.2) is 9.97 Å². The molecule has 0 saturated carbocycles. The lowest BCUT2D eigenvalue weighted by Gasteiger charge is -2.12. The summed E-state index contributed by atoms with van der Waals surface area (Å²) < 4.78 is 7.48. The molecule has 0 fully saturated rings. The molecule has 0 radical (unpaired) electrons. The average Bonchev–Trinajstić information content (AvgIpc) is 3.20. The Hall–Kier alpha value is -2.54. The van der Waals surface area contributed by atoms with Crippen molar-refractivity contribution in [3.63, 3.8) is 0 Å². The van der Waals surface area contributed by atoms with Crippen molar-refractivity contribution in [3.8, 4) is 5.69 Å². The van der Waals surface area contributed by atoms with Gasteiger partial charge in [-0.05, 0) is 44.9 Å². The maximum atomic E-state index is 12.1. The maximum Gasteiger partial charge on any atom is 0.230 e. The molecule has 136 valence electrons. The van der Waals surface area contributed by atoms with Crippen molar-refractivity contribution in [3.05, 3.63) is 59.1 Å². The summed E-state index contributed by atoms with van der Waals surface area (Å²) in [6.07, 6.45) is 3.67. The molecule has 26 heavy (non-hydrogen) atoms. The van der Waals surface area contributed by atoms with Crippen molar-refractivity contribution < 1.29 is 9.21 Å². The lowest BCUT2D eigenvalue weighted by Crippen LogP contribution is -2.24. The number of rotatable bonds is 6. The molecule has 0 aliphatic heterocycles. The molecule has 0 saturated heterocycles. The van der Waals surface area contributed by atoms with Gasteiger partial charge in [0.15, 0.2) is 5.16 Å². The van der Waals surface area contributed by atoms with Crippen molar-refractivity contribution in [2.24, 2.45) is 0 Å². The second-order valence-electron chi connectivity index (χ2n) is 6.11. The lowest BCUT2D eigenvalue weighted by molar-refractivity contribution is -0.118. The van der Waals surface area contributed by atoms with Crippen molar-refractivity contribution in [2.45, 2.75) is 39.4 Å². The van der Waals surface area contributed by atoms with Crippen LogP contribution in [0.3, 0.4) is 0 Å². The fraction of sp³-hybridized carbons (Fsp3) is 0.316. The van der Waals surface area contributed by atoms with Gasteiger partial charge < -0.3 is 9.73 Å². The zero-order valence-corrected chi connectivity index (χ0v) is 16.2. The van der Waals surface area contributed by atoms with E-state index in [-0.39, 0.29) is 11.7 Å². The van der Waals surface area contributed by atoms with Crippen molar-refractivity contribution in [1.82, 2.24) is 19.9 Å². The van der Waals surface area contributed by atoms with Crippen LogP contribution >= 0.6 is 11.8 Å². The van der Waals surface area contributed by atoms with Gasteiger partial charge in [0.05, 0.1) is 23.7 Å². The SMILES string of the molecule is Cc1cccc(-n2ccnc2SCC(=O)NCc2nc(C)c(C)o2)c1C.